The van der Waals surface area contributed by atoms with E-state index >= 15 is 0 Å². The van der Waals surface area contributed by atoms with Crippen molar-refractivity contribution in [3.05, 3.63) is 0 Å². The zero-order valence-corrected chi connectivity index (χ0v) is 12.3. The van der Waals surface area contributed by atoms with Crippen LogP contribution < -0.4 is 0 Å². The fourth-order valence-corrected chi connectivity index (χ4v) is 4.09. The topological polar surface area (TPSA) is 60.9 Å². The molecule has 1 unspecified atom stereocenters. The van der Waals surface area contributed by atoms with Crippen LogP contribution in [0.2, 0.25) is 0 Å². The average Bonchev–Trinajstić information content (AvgIpc) is 2.39. The molecule has 108 valence electrons. The van der Waals surface area contributed by atoms with Gasteiger partial charge in [-0.15, -0.1) is 0 Å². The van der Waals surface area contributed by atoms with Crippen LogP contribution in [0.15, 0.2) is 0 Å². The van der Waals surface area contributed by atoms with Crippen LogP contribution >= 0.6 is 0 Å². The van der Waals surface area contributed by atoms with Crippen molar-refractivity contribution < 1.29 is 13.5 Å². The smallest absolute Gasteiger partial charge is 0.281 e. The molecule has 1 aliphatic rings. The lowest BCUT2D eigenvalue weighted by Gasteiger charge is -2.34. The van der Waals surface area contributed by atoms with Gasteiger partial charge in [0.2, 0.25) is 0 Å². The Hall–Kier alpha value is -0.170. The van der Waals surface area contributed by atoms with E-state index in [1.807, 2.05) is 6.92 Å². The molecule has 0 spiro atoms. The number of piperidine rings is 1. The summed E-state index contributed by atoms with van der Waals surface area (Å²) < 4.78 is 28.0. The van der Waals surface area contributed by atoms with E-state index in [0.717, 1.165) is 25.7 Å². The molecule has 1 saturated heterocycles. The highest BCUT2D eigenvalue weighted by molar-refractivity contribution is 7.86. The van der Waals surface area contributed by atoms with E-state index in [1.165, 1.54) is 4.31 Å². The summed E-state index contributed by atoms with van der Waals surface area (Å²) in [4.78, 5) is 0. The summed E-state index contributed by atoms with van der Waals surface area (Å²) in [6.45, 7) is 6.16. The number of hydrogen-bond donors (Lipinski definition) is 1. The fourth-order valence-electron chi connectivity index (χ4n) is 2.32. The highest BCUT2D eigenvalue weighted by Crippen LogP contribution is 2.20. The highest BCUT2D eigenvalue weighted by Gasteiger charge is 2.32. The second kappa shape index (κ2) is 7.43. The first-order valence-electron chi connectivity index (χ1n) is 6.92. The van der Waals surface area contributed by atoms with Crippen molar-refractivity contribution in [1.82, 2.24) is 8.61 Å². The van der Waals surface area contributed by atoms with E-state index in [0.29, 0.717) is 26.2 Å². The maximum atomic E-state index is 12.5. The van der Waals surface area contributed by atoms with Gasteiger partial charge in [-0.2, -0.15) is 17.0 Å². The Morgan fingerprint density at radius 3 is 2.67 bits per heavy atom. The van der Waals surface area contributed by atoms with Crippen LogP contribution in [0, 0.1) is 5.92 Å². The largest absolute Gasteiger partial charge is 0.396 e. The van der Waals surface area contributed by atoms with Gasteiger partial charge < -0.3 is 5.11 Å². The van der Waals surface area contributed by atoms with Crippen molar-refractivity contribution in [1.29, 1.82) is 0 Å². The fraction of sp³-hybridized carbons (Fsp3) is 1.00. The van der Waals surface area contributed by atoms with Gasteiger partial charge >= 0.3 is 0 Å². The number of rotatable bonds is 7. The van der Waals surface area contributed by atoms with Gasteiger partial charge in [-0.1, -0.05) is 20.3 Å². The van der Waals surface area contributed by atoms with Crippen molar-refractivity contribution >= 4 is 10.2 Å². The predicted molar refractivity (Wildman–Crippen MR) is 72.5 cm³/mol. The van der Waals surface area contributed by atoms with Gasteiger partial charge in [0.05, 0.1) is 0 Å². The van der Waals surface area contributed by atoms with E-state index in [9.17, 15) is 13.5 Å². The van der Waals surface area contributed by atoms with Crippen LogP contribution in [-0.4, -0.2) is 54.9 Å². The summed E-state index contributed by atoms with van der Waals surface area (Å²) in [6, 6.07) is 0. The Morgan fingerprint density at radius 2 is 2.11 bits per heavy atom. The van der Waals surface area contributed by atoms with E-state index in [1.54, 1.807) is 4.31 Å². The van der Waals surface area contributed by atoms with Gasteiger partial charge in [0.25, 0.3) is 10.2 Å². The first-order chi connectivity index (χ1) is 8.56. The molecule has 0 aliphatic carbocycles. The number of unbranched alkanes of at least 4 members (excludes halogenated alkanes) is 1. The van der Waals surface area contributed by atoms with Crippen molar-refractivity contribution in [2.24, 2.45) is 5.92 Å². The molecule has 0 saturated carbocycles. The lowest BCUT2D eigenvalue weighted by atomic mass is 10.0. The van der Waals surface area contributed by atoms with Crippen molar-refractivity contribution in [3.63, 3.8) is 0 Å². The third-order valence-electron chi connectivity index (χ3n) is 3.51. The Kier molecular flexibility index (Phi) is 6.55. The van der Waals surface area contributed by atoms with Crippen LogP contribution in [0.5, 0.6) is 0 Å². The minimum atomic E-state index is -3.33. The zero-order valence-electron chi connectivity index (χ0n) is 11.5. The molecule has 0 bridgehead atoms. The third kappa shape index (κ3) is 3.91. The molecule has 0 aromatic rings. The maximum Gasteiger partial charge on any atom is 0.281 e. The second-order valence-electron chi connectivity index (χ2n) is 4.90. The molecule has 1 N–H and O–H groups in total. The summed E-state index contributed by atoms with van der Waals surface area (Å²) in [7, 11) is -3.33. The van der Waals surface area contributed by atoms with Gasteiger partial charge in [0, 0.05) is 32.8 Å². The molecule has 0 radical (unpaired) electrons. The predicted octanol–water partition coefficient (Wildman–Crippen LogP) is 1.06. The normalized spacial score (nSPS) is 22.6. The lowest BCUT2D eigenvalue weighted by molar-refractivity contribution is 0.161. The average molecular weight is 278 g/mol. The summed E-state index contributed by atoms with van der Waals surface area (Å²) in [5.41, 5.74) is 0. The molecule has 1 rings (SSSR count). The third-order valence-corrected chi connectivity index (χ3v) is 5.58. The number of aliphatic hydroxyl groups excluding tert-OH is 1. The van der Waals surface area contributed by atoms with E-state index in [4.69, 9.17) is 0 Å². The SMILES string of the molecule is CCCCN(CC)S(=O)(=O)N1CCCC(CO)C1. The summed E-state index contributed by atoms with van der Waals surface area (Å²) >= 11 is 0. The highest BCUT2D eigenvalue weighted by atomic mass is 32.2. The lowest BCUT2D eigenvalue weighted by Crippen LogP contribution is -2.48. The minimum absolute atomic E-state index is 0.0765. The van der Waals surface area contributed by atoms with Gasteiger partial charge in [-0.25, -0.2) is 0 Å². The Morgan fingerprint density at radius 1 is 1.39 bits per heavy atom. The monoisotopic (exact) mass is 278 g/mol. The Bertz CT molecular complexity index is 332. The van der Waals surface area contributed by atoms with E-state index in [2.05, 4.69) is 6.92 Å². The van der Waals surface area contributed by atoms with Crippen LogP contribution in [0.3, 0.4) is 0 Å². The van der Waals surface area contributed by atoms with E-state index in [-0.39, 0.29) is 12.5 Å². The van der Waals surface area contributed by atoms with Crippen LogP contribution in [-0.2, 0) is 10.2 Å². The summed E-state index contributed by atoms with van der Waals surface area (Å²) in [5, 5.41) is 9.18. The van der Waals surface area contributed by atoms with Gasteiger partial charge in [-0.3, -0.25) is 0 Å². The zero-order chi connectivity index (χ0) is 13.6. The Balaban J connectivity index is 2.70. The van der Waals surface area contributed by atoms with Crippen molar-refractivity contribution in [2.75, 3.05) is 32.8 Å². The standard InChI is InChI=1S/C12H26N2O3S/c1-3-5-8-13(4-2)18(16,17)14-9-6-7-12(10-14)11-15/h12,15H,3-11H2,1-2H3. The molecule has 18 heavy (non-hydrogen) atoms. The molecule has 0 aromatic carbocycles. The number of hydrogen-bond acceptors (Lipinski definition) is 3. The molecule has 1 fully saturated rings. The molecule has 0 aromatic heterocycles. The Labute approximate surface area is 111 Å². The van der Waals surface area contributed by atoms with Crippen LogP contribution in [0.4, 0.5) is 0 Å². The first kappa shape index (κ1) is 15.9. The molecular weight excluding hydrogens is 252 g/mol. The second-order valence-corrected chi connectivity index (χ2v) is 6.83. The van der Waals surface area contributed by atoms with Gasteiger partial charge in [-0.05, 0) is 25.2 Å². The molecule has 6 heteroatoms. The van der Waals surface area contributed by atoms with Crippen molar-refractivity contribution in [2.45, 2.75) is 39.5 Å². The first-order valence-corrected chi connectivity index (χ1v) is 8.32. The molecule has 0 amide bonds. The quantitative estimate of drug-likeness (QED) is 0.757. The molecule has 1 heterocycles. The summed E-state index contributed by atoms with van der Waals surface area (Å²) in [5.74, 6) is 0.0957. The molecular formula is C12H26N2O3S. The maximum absolute atomic E-state index is 12.5. The van der Waals surface area contributed by atoms with Gasteiger partial charge in [0.15, 0.2) is 0 Å². The van der Waals surface area contributed by atoms with E-state index < -0.39 is 10.2 Å². The summed E-state index contributed by atoms with van der Waals surface area (Å²) in [6.07, 6.45) is 3.65. The van der Waals surface area contributed by atoms with Crippen LogP contribution in [0.25, 0.3) is 0 Å². The molecule has 5 nitrogen and oxygen atoms in total. The number of aliphatic hydroxyl groups is 1. The van der Waals surface area contributed by atoms with Crippen LogP contribution in [0.1, 0.15) is 39.5 Å². The number of nitrogens with zero attached hydrogens (tertiary/aromatic N) is 2. The van der Waals surface area contributed by atoms with Gasteiger partial charge in [0.1, 0.15) is 0 Å². The molecule has 1 aliphatic heterocycles. The molecule has 1 atom stereocenters. The minimum Gasteiger partial charge on any atom is -0.396 e. The van der Waals surface area contributed by atoms with Crippen molar-refractivity contribution in [3.8, 4) is 0 Å².